The molecule has 1 fully saturated rings. The molecule has 1 saturated heterocycles. The lowest BCUT2D eigenvalue weighted by Gasteiger charge is -2.39. The van der Waals surface area contributed by atoms with Crippen LogP contribution in [-0.4, -0.2) is 69.2 Å². The molecule has 0 spiro atoms. The van der Waals surface area contributed by atoms with Crippen molar-refractivity contribution in [3.8, 4) is 0 Å². The maximum atomic E-state index is 13.0. The summed E-state index contributed by atoms with van der Waals surface area (Å²) in [5.74, 6) is -0.112. The Morgan fingerprint density at radius 2 is 2.21 bits per heavy atom. The minimum absolute atomic E-state index is 0.0203. The fourth-order valence-corrected chi connectivity index (χ4v) is 3.69. The standard InChI is InChI=1S/C20H27N5O3/c1-15-18(13-23(2)22-15)20(27)24-9-5-7-17(12-24)25(19(26)14-28-3)11-16-6-4-8-21-10-16/h4,6,8,10,13,17H,5,7,9,11-12,14H2,1-3H3. The van der Waals surface area contributed by atoms with Crippen molar-refractivity contribution in [1.29, 1.82) is 0 Å². The zero-order chi connectivity index (χ0) is 20.1. The lowest BCUT2D eigenvalue weighted by atomic mass is 10.0. The van der Waals surface area contributed by atoms with Crippen LogP contribution in [0.4, 0.5) is 0 Å². The molecule has 28 heavy (non-hydrogen) atoms. The minimum Gasteiger partial charge on any atom is -0.375 e. The molecule has 150 valence electrons. The first-order valence-corrected chi connectivity index (χ1v) is 9.46. The Bertz CT molecular complexity index is 821. The van der Waals surface area contributed by atoms with Crippen molar-refractivity contribution in [2.24, 2.45) is 7.05 Å². The van der Waals surface area contributed by atoms with E-state index < -0.39 is 0 Å². The van der Waals surface area contributed by atoms with Gasteiger partial charge in [0.1, 0.15) is 6.61 Å². The normalized spacial score (nSPS) is 16.8. The minimum atomic E-state index is -0.0804. The van der Waals surface area contributed by atoms with Gasteiger partial charge >= 0.3 is 0 Å². The molecule has 0 aliphatic carbocycles. The molecule has 1 atom stereocenters. The highest BCUT2D eigenvalue weighted by Crippen LogP contribution is 2.21. The lowest BCUT2D eigenvalue weighted by molar-refractivity contribution is -0.139. The van der Waals surface area contributed by atoms with Crippen LogP contribution in [0.5, 0.6) is 0 Å². The molecule has 1 unspecified atom stereocenters. The van der Waals surface area contributed by atoms with E-state index in [9.17, 15) is 9.59 Å². The molecular weight excluding hydrogens is 358 g/mol. The number of hydrogen-bond donors (Lipinski definition) is 0. The van der Waals surface area contributed by atoms with Crippen molar-refractivity contribution in [1.82, 2.24) is 24.6 Å². The van der Waals surface area contributed by atoms with Crippen LogP contribution in [0.15, 0.2) is 30.7 Å². The van der Waals surface area contributed by atoms with Crippen LogP contribution >= 0.6 is 0 Å². The number of carbonyl (C=O) groups excluding carboxylic acids is 2. The van der Waals surface area contributed by atoms with Gasteiger partial charge in [0.15, 0.2) is 0 Å². The van der Waals surface area contributed by atoms with Crippen molar-refractivity contribution in [2.75, 3.05) is 26.8 Å². The molecule has 0 bridgehead atoms. The number of aryl methyl sites for hydroxylation is 2. The van der Waals surface area contributed by atoms with Gasteiger partial charge in [-0.1, -0.05) is 6.07 Å². The maximum Gasteiger partial charge on any atom is 0.257 e. The number of aromatic nitrogens is 3. The summed E-state index contributed by atoms with van der Waals surface area (Å²) in [6.07, 6.45) is 6.93. The van der Waals surface area contributed by atoms with E-state index in [0.29, 0.717) is 25.2 Å². The average molecular weight is 385 g/mol. The van der Waals surface area contributed by atoms with Gasteiger partial charge in [-0.25, -0.2) is 0 Å². The van der Waals surface area contributed by atoms with Crippen molar-refractivity contribution >= 4 is 11.8 Å². The smallest absolute Gasteiger partial charge is 0.257 e. The van der Waals surface area contributed by atoms with E-state index >= 15 is 0 Å². The summed E-state index contributed by atoms with van der Waals surface area (Å²) in [7, 11) is 3.32. The number of hydrogen-bond acceptors (Lipinski definition) is 5. The summed E-state index contributed by atoms with van der Waals surface area (Å²) in [6.45, 7) is 3.50. The van der Waals surface area contributed by atoms with E-state index in [1.807, 2.05) is 35.9 Å². The second kappa shape index (κ2) is 8.97. The molecule has 0 aromatic carbocycles. The van der Waals surface area contributed by atoms with Gasteiger partial charge in [-0.2, -0.15) is 5.10 Å². The quantitative estimate of drug-likeness (QED) is 0.751. The van der Waals surface area contributed by atoms with Crippen LogP contribution in [0.3, 0.4) is 0 Å². The number of rotatable bonds is 6. The first-order chi connectivity index (χ1) is 13.5. The van der Waals surface area contributed by atoms with Crippen LogP contribution in [0.1, 0.15) is 34.5 Å². The van der Waals surface area contributed by atoms with E-state index in [1.165, 1.54) is 7.11 Å². The van der Waals surface area contributed by atoms with Crippen LogP contribution in [0, 0.1) is 6.92 Å². The third kappa shape index (κ3) is 4.56. The van der Waals surface area contributed by atoms with Gasteiger partial charge in [0, 0.05) is 58.4 Å². The van der Waals surface area contributed by atoms with Crippen molar-refractivity contribution in [3.05, 3.63) is 47.5 Å². The van der Waals surface area contributed by atoms with Gasteiger partial charge < -0.3 is 14.5 Å². The highest BCUT2D eigenvalue weighted by molar-refractivity contribution is 5.95. The summed E-state index contributed by atoms with van der Waals surface area (Å²) in [6, 6.07) is 3.75. The zero-order valence-corrected chi connectivity index (χ0v) is 16.7. The van der Waals surface area contributed by atoms with Gasteiger partial charge in [0.2, 0.25) is 5.91 Å². The molecule has 0 N–H and O–H groups in total. The SMILES string of the molecule is COCC(=O)N(Cc1cccnc1)C1CCCN(C(=O)c2cn(C)nc2C)C1. The summed E-state index contributed by atoms with van der Waals surface area (Å²) < 4.78 is 6.73. The number of carbonyl (C=O) groups is 2. The first kappa shape index (κ1) is 20.0. The molecule has 0 saturated carbocycles. The monoisotopic (exact) mass is 385 g/mol. The fraction of sp³-hybridized carbons (Fsp3) is 0.500. The predicted octanol–water partition coefficient (Wildman–Crippen LogP) is 1.40. The molecule has 0 radical (unpaired) electrons. The van der Waals surface area contributed by atoms with Gasteiger partial charge in [0.05, 0.1) is 11.3 Å². The van der Waals surface area contributed by atoms with E-state index in [4.69, 9.17) is 4.74 Å². The topological polar surface area (TPSA) is 80.6 Å². The number of methoxy groups -OCH3 is 1. The molecular formula is C20H27N5O3. The number of piperidine rings is 1. The molecule has 8 heteroatoms. The molecule has 3 rings (SSSR count). The lowest BCUT2D eigenvalue weighted by Crippen LogP contribution is -2.52. The van der Waals surface area contributed by atoms with E-state index in [1.54, 1.807) is 23.3 Å². The Balaban J connectivity index is 1.77. The highest BCUT2D eigenvalue weighted by Gasteiger charge is 2.32. The van der Waals surface area contributed by atoms with E-state index in [0.717, 1.165) is 24.1 Å². The molecule has 2 aromatic heterocycles. The summed E-state index contributed by atoms with van der Waals surface area (Å²) >= 11 is 0. The van der Waals surface area contributed by atoms with Gasteiger partial charge in [-0.3, -0.25) is 19.3 Å². The number of amides is 2. The van der Waals surface area contributed by atoms with Crippen LogP contribution in [0.25, 0.3) is 0 Å². The van der Waals surface area contributed by atoms with Crippen molar-refractivity contribution < 1.29 is 14.3 Å². The van der Waals surface area contributed by atoms with Crippen molar-refractivity contribution in [2.45, 2.75) is 32.4 Å². The summed E-state index contributed by atoms with van der Waals surface area (Å²) in [5.41, 5.74) is 2.29. The van der Waals surface area contributed by atoms with E-state index in [-0.39, 0.29) is 24.5 Å². The number of likely N-dealkylation sites (tertiary alicyclic amines) is 1. The summed E-state index contributed by atoms with van der Waals surface area (Å²) in [4.78, 5) is 33.5. The largest absolute Gasteiger partial charge is 0.375 e. The van der Waals surface area contributed by atoms with Crippen LogP contribution < -0.4 is 0 Å². The summed E-state index contributed by atoms with van der Waals surface area (Å²) in [5, 5.41) is 4.27. The van der Waals surface area contributed by atoms with Gasteiger partial charge in [0.25, 0.3) is 5.91 Å². The molecule has 8 nitrogen and oxygen atoms in total. The third-order valence-electron chi connectivity index (χ3n) is 5.03. The Morgan fingerprint density at radius 3 is 2.86 bits per heavy atom. The Morgan fingerprint density at radius 1 is 1.39 bits per heavy atom. The number of ether oxygens (including phenoxy) is 1. The van der Waals surface area contributed by atoms with Gasteiger partial charge in [-0.05, 0) is 31.4 Å². The van der Waals surface area contributed by atoms with Gasteiger partial charge in [-0.15, -0.1) is 0 Å². The maximum absolute atomic E-state index is 13.0. The van der Waals surface area contributed by atoms with Crippen LogP contribution in [-0.2, 0) is 23.1 Å². The highest BCUT2D eigenvalue weighted by atomic mass is 16.5. The molecule has 3 heterocycles. The van der Waals surface area contributed by atoms with E-state index in [2.05, 4.69) is 10.1 Å². The second-order valence-electron chi connectivity index (χ2n) is 7.17. The Hall–Kier alpha value is -2.74. The first-order valence-electron chi connectivity index (χ1n) is 9.46. The molecule has 1 aliphatic rings. The molecule has 1 aliphatic heterocycles. The predicted molar refractivity (Wildman–Crippen MR) is 104 cm³/mol. The van der Waals surface area contributed by atoms with Crippen molar-refractivity contribution in [3.63, 3.8) is 0 Å². The average Bonchev–Trinajstić information content (AvgIpc) is 3.04. The zero-order valence-electron chi connectivity index (χ0n) is 16.7. The third-order valence-corrected chi connectivity index (χ3v) is 5.03. The number of pyridine rings is 1. The molecule has 2 amide bonds. The molecule has 2 aromatic rings. The Kier molecular flexibility index (Phi) is 6.41. The number of nitrogens with zero attached hydrogens (tertiary/aromatic N) is 5. The fourth-order valence-electron chi connectivity index (χ4n) is 3.69. The Labute approximate surface area is 165 Å². The van der Waals surface area contributed by atoms with Crippen LogP contribution in [0.2, 0.25) is 0 Å². The second-order valence-corrected chi connectivity index (χ2v) is 7.17.